The Balaban J connectivity index is 1.71. The quantitative estimate of drug-likeness (QED) is 0.873. The monoisotopic (exact) mass is 314 g/mol. The van der Waals surface area contributed by atoms with Crippen LogP contribution in [0.4, 0.5) is 5.13 Å². The molecule has 114 valence electrons. The van der Waals surface area contributed by atoms with Crippen LogP contribution in [0.15, 0.2) is 18.2 Å². The number of benzene rings is 1. The Hall–Kier alpha value is -2.13. The van der Waals surface area contributed by atoms with Crippen molar-refractivity contribution >= 4 is 32.6 Å². The summed E-state index contributed by atoms with van der Waals surface area (Å²) >= 11 is 1.71. The molecule has 6 heteroatoms. The second-order valence-electron chi connectivity index (χ2n) is 5.35. The molecule has 1 aliphatic heterocycles. The summed E-state index contributed by atoms with van der Waals surface area (Å²) in [4.78, 5) is 20.4. The maximum absolute atomic E-state index is 11.7. The highest BCUT2D eigenvalue weighted by Crippen LogP contribution is 2.30. The van der Waals surface area contributed by atoms with Crippen molar-refractivity contribution in [3.05, 3.63) is 23.8 Å². The fourth-order valence-corrected chi connectivity index (χ4v) is 3.72. The fourth-order valence-electron chi connectivity index (χ4n) is 2.64. The summed E-state index contributed by atoms with van der Waals surface area (Å²) in [5.74, 6) is -0.0703. The number of nitrogens with zero attached hydrogens (tertiary/aromatic N) is 4. The zero-order valence-corrected chi connectivity index (χ0v) is 13.4. The first-order valence-electron chi connectivity index (χ1n) is 7.50. The van der Waals surface area contributed by atoms with Gasteiger partial charge in [0.15, 0.2) is 5.13 Å². The van der Waals surface area contributed by atoms with Crippen LogP contribution in [0.25, 0.3) is 10.2 Å². The molecule has 0 unspecified atom stereocenters. The Bertz CT molecular complexity index is 725. The second kappa shape index (κ2) is 6.32. The Morgan fingerprint density at radius 1 is 1.36 bits per heavy atom. The Labute approximate surface area is 133 Å². The molecule has 0 saturated carbocycles. The van der Waals surface area contributed by atoms with E-state index < -0.39 is 0 Å². The Morgan fingerprint density at radius 2 is 2.14 bits per heavy atom. The summed E-state index contributed by atoms with van der Waals surface area (Å²) in [5.41, 5.74) is 2.37. The van der Waals surface area contributed by atoms with Crippen LogP contribution in [0.3, 0.4) is 0 Å². The molecule has 1 aromatic carbocycles. The lowest BCUT2D eigenvalue weighted by Gasteiger charge is -2.34. The van der Waals surface area contributed by atoms with E-state index in [1.54, 1.807) is 16.2 Å². The van der Waals surface area contributed by atoms with Gasteiger partial charge in [0.25, 0.3) is 0 Å². The molecule has 0 bridgehead atoms. The minimum Gasteiger partial charge on any atom is -0.345 e. The van der Waals surface area contributed by atoms with Crippen molar-refractivity contribution < 1.29 is 4.79 Å². The second-order valence-corrected chi connectivity index (χ2v) is 6.36. The van der Waals surface area contributed by atoms with Gasteiger partial charge in [-0.05, 0) is 24.1 Å². The number of nitriles is 1. The van der Waals surface area contributed by atoms with Crippen LogP contribution in [0.1, 0.15) is 18.9 Å². The van der Waals surface area contributed by atoms with Gasteiger partial charge >= 0.3 is 0 Å². The van der Waals surface area contributed by atoms with Crippen molar-refractivity contribution in [2.45, 2.75) is 19.8 Å². The smallest absolute Gasteiger partial charge is 0.236 e. The molecule has 1 saturated heterocycles. The predicted molar refractivity (Wildman–Crippen MR) is 88.0 cm³/mol. The van der Waals surface area contributed by atoms with E-state index in [9.17, 15) is 4.79 Å². The molecule has 0 spiro atoms. The number of thiazole rings is 1. The fraction of sp³-hybridized carbons (Fsp3) is 0.438. The van der Waals surface area contributed by atoms with Gasteiger partial charge in [0.1, 0.15) is 6.42 Å². The SMILES string of the molecule is CCc1ccc2nc(N3CCN(C(=O)CC#N)CC3)sc2c1. The van der Waals surface area contributed by atoms with Crippen LogP contribution in [0, 0.1) is 11.3 Å². The van der Waals surface area contributed by atoms with Gasteiger partial charge in [-0.3, -0.25) is 4.79 Å². The van der Waals surface area contributed by atoms with E-state index in [0.717, 1.165) is 30.2 Å². The van der Waals surface area contributed by atoms with E-state index >= 15 is 0 Å². The Kier molecular flexibility index (Phi) is 4.25. The van der Waals surface area contributed by atoms with E-state index in [4.69, 9.17) is 10.2 Å². The Morgan fingerprint density at radius 3 is 2.82 bits per heavy atom. The van der Waals surface area contributed by atoms with Gasteiger partial charge < -0.3 is 9.80 Å². The first-order valence-corrected chi connectivity index (χ1v) is 8.32. The van der Waals surface area contributed by atoms with Crippen molar-refractivity contribution in [2.24, 2.45) is 0 Å². The van der Waals surface area contributed by atoms with Gasteiger partial charge in [-0.25, -0.2) is 4.98 Å². The number of amides is 1. The lowest BCUT2D eigenvalue weighted by atomic mass is 10.2. The van der Waals surface area contributed by atoms with Gasteiger partial charge in [0.2, 0.25) is 5.91 Å². The van der Waals surface area contributed by atoms with Crippen molar-refractivity contribution in [1.29, 1.82) is 5.26 Å². The number of carbonyl (C=O) groups excluding carboxylic acids is 1. The molecule has 0 N–H and O–H groups in total. The number of hydrogen-bond acceptors (Lipinski definition) is 5. The van der Waals surface area contributed by atoms with E-state index in [2.05, 4.69) is 30.0 Å². The topological polar surface area (TPSA) is 60.2 Å². The molecular weight excluding hydrogens is 296 g/mol. The molecule has 1 aromatic heterocycles. The minimum atomic E-state index is -0.0703. The van der Waals surface area contributed by atoms with Gasteiger partial charge in [0.05, 0.1) is 16.3 Å². The first kappa shape index (κ1) is 14.8. The summed E-state index contributed by atoms with van der Waals surface area (Å²) < 4.78 is 1.22. The predicted octanol–water partition coefficient (Wildman–Crippen LogP) is 2.42. The zero-order chi connectivity index (χ0) is 15.5. The molecule has 0 aliphatic carbocycles. The van der Waals surface area contributed by atoms with Gasteiger partial charge in [-0.1, -0.05) is 24.3 Å². The summed E-state index contributed by atoms with van der Waals surface area (Å²) in [5, 5.41) is 9.63. The number of aromatic nitrogens is 1. The van der Waals surface area contributed by atoms with Crippen molar-refractivity contribution in [3.63, 3.8) is 0 Å². The van der Waals surface area contributed by atoms with Crippen LogP contribution in [0.5, 0.6) is 0 Å². The highest BCUT2D eigenvalue weighted by Gasteiger charge is 2.22. The average Bonchev–Trinajstić information content (AvgIpc) is 2.98. The molecule has 2 aromatic rings. The van der Waals surface area contributed by atoms with Crippen LogP contribution in [-0.4, -0.2) is 42.0 Å². The average molecular weight is 314 g/mol. The highest BCUT2D eigenvalue weighted by molar-refractivity contribution is 7.22. The minimum absolute atomic E-state index is 0.0269. The van der Waals surface area contributed by atoms with E-state index in [1.807, 2.05) is 6.07 Å². The normalized spacial score (nSPS) is 15.1. The number of hydrogen-bond donors (Lipinski definition) is 0. The van der Waals surface area contributed by atoms with E-state index in [1.165, 1.54) is 10.3 Å². The third kappa shape index (κ3) is 2.90. The van der Waals surface area contributed by atoms with Gasteiger partial charge in [-0.2, -0.15) is 5.26 Å². The summed E-state index contributed by atoms with van der Waals surface area (Å²) in [6, 6.07) is 8.35. The van der Waals surface area contributed by atoms with Crippen LogP contribution in [-0.2, 0) is 11.2 Å². The standard InChI is InChI=1S/C16H18N4OS/c1-2-12-3-4-13-14(11-12)22-16(18-13)20-9-7-19(8-10-20)15(21)5-6-17/h3-4,11H,2,5,7-10H2,1H3. The zero-order valence-electron chi connectivity index (χ0n) is 12.6. The molecule has 1 amide bonds. The maximum Gasteiger partial charge on any atom is 0.236 e. The summed E-state index contributed by atoms with van der Waals surface area (Å²) in [6.07, 6.45) is 1.00. The third-order valence-electron chi connectivity index (χ3n) is 3.98. The molecule has 3 rings (SSSR count). The number of aryl methyl sites for hydroxylation is 1. The van der Waals surface area contributed by atoms with Crippen LogP contribution >= 0.6 is 11.3 Å². The highest BCUT2D eigenvalue weighted by atomic mass is 32.1. The third-order valence-corrected chi connectivity index (χ3v) is 5.06. The lowest BCUT2D eigenvalue weighted by Crippen LogP contribution is -2.48. The van der Waals surface area contributed by atoms with Crippen LogP contribution < -0.4 is 4.90 Å². The van der Waals surface area contributed by atoms with E-state index in [0.29, 0.717) is 13.1 Å². The molecule has 1 fully saturated rings. The maximum atomic E-state index is 11.7. The first-order chi connectivity index (χ1) is 10.7. The number of rotatable bonds is 3. The van der Waals surface area contributed by atoms with Gasteiger partial charge in [-0.15, -0.1) is 0 Å². The van der Waals surface area contributed by atoms with Crippen molar-refractivity contribution in [3.8, 4) is 6.07 Å². The molecule has 22 heavy (non-hydrogen) atoms. The largest absolute Gasteiger partial charge is 0.345 e. The van der Waals surface area contributed by atoms with Crippen molar-refractivity contribution in [1.82, 2.24) is 9.88 Å². The molecule has 1 aliphatic rings. The number of fused-ring (bicyclic) bond motifs is 1. The molecule has 2 heterocycles. The summed E-state index contributed by atoms with van der Waals surface area (Å²) in [6.45, 7) is 5.03. The molecule has 5 nitrogen and oxygen atoms in total. The number of carbonyl (C=O) groups is 1. The molecule has 0 radical (unpaired) electrons. The van der Waals surface area contributed by atoms with E-state index in [-0.39, 0.29) is 12.3 Å². The number of anilines is 1. The van der Waals surface area contributed by atoms with Crippen molar-refractivity contribution in [2.75, 3.05) is 31.1 Å². The molecular formula is C16H18N4OS. The lowest BCUT2D eigenvalue weighted by molar-refractivity contribution is -0.130. The number of piperazine rings is 1. The van der Waals surface area contributed by atoms with Gasteiger partial charge in [0, 0.05) is 26.2 Å². The van der Waals surface area contributed by atoms with Crippen LogP contribution in [0.2, 0.25) is 0 Å². The summed E-state index contributed by atoms with van der Waals surface area (Å²) in [7, 11) is 0. The molecule has 0 atom stereocenters.